The zero-order valence-corrected chi connectivity index (χ0v) is 14.7. The summed E-state index contributed by atoms with van der Waals surface area (Å²) in [7, 11) is 0. The van der Waals surface area contributed by atoms with Gasteiger partial charge in [-0.25, -0.2) is 14.5 Å². The van der Waals surface area contributed by atoms with E-state index in [1.807, 2.05) is 0 Å². The molecule has 0 fully saturated rings. The smallest absolute Gasteiger partial charge is 0.450 e. The molecule has 0 saturated heterocycles. The highest BCUT2D eigenvalue weighted by Crippen LogP contribution is 2.30. The molecule has 0 amide bonds. The van der Waals surface area contributed by atoms with Crippen molar-refractivity contribution in [3.05, 3.63) is 45.5 Å². The van der Waals surface area contributed by atoms with Crippen molar-refractivity contribution in [1.82, 2.24) is 14.5 Å². The Kier molecular flexibility index (Phi) is 4.87. The number of aromatic nitrogens is 3. The van der Waals surface area contributed by atoms with Crippen molar-refractivity contribution in [2.75, 3.05) is 12.3 Å². The van der Waals surface area contributed by atoms with E-state index >= 15 is 0 Å². The van der Waals surface area contributed by atoms with Crippen LogP contribution in [-0.2, 0) is 22.1 Å². The molecule has 27 heavy (non-hydrogen) atoms. The molecule has 3 aromatic rings. The quantitative estimate of drug-likeness (QED) is 0.536. The highest BCUT2D eigenvalue weighted by atomic mass is 32.1. The third-order valence-corrected chi connectivity index (χ3v) is 4.38. The number of carbonyl (C=O) groups excluding carboxylic acids is 1. The number of esters is 1. The van der Waals surface area contributed by atoms with E-state index in [0.717, 1.165) is 11.3 Å². The number of nitrogens with two attached hydrogens (primary N) is 1. The second-order valence-electron chi connectivity index (χ2n) is 5.45. The van der Waals surface area contributed by atoms with Crippen LogP contribution in [0.5, 0.6) is 0 Å². The van der Waals surface area contributed by atoms with Gasteiger partial charge in [0.2, 0.25) is 5.82 Å². The maximum Gasteiger partial charge on any atom is 0.450 e. The number of alkyl halides is 3. The number of hydrogen-bond donors (Lipinski definition) is 1. The Balaban J connectivity index is 2.18. The van der Waals surface area contributed by atoms with Crippen molar-refractivity contribution in [1.29, 1.82) is 0 Å². The van der Waals surface area contributed by atoms with Crippen LogP contribution in [0.2, 0.25) is 0 Å². The van der Waals surface area contributed by atoms with Crippen LogP contribution in [0, 0.1) is 0 Å². The van der Waals surface area contributed by atoms with Gasteiger partial charge in [0.05, 0.1) is 29.6 Å². The van der Waals surface area contributed by atoms with Crippen molar-refractivity contribution in [3.63, 3.8) is 0 Å². The molecule has 7 nitrogen and oxygen atoms in total. The summed E-state index contributed by atoms with van der Waals surface area (Å²) in [5.41, 5.74) is 4.97. The van der Waals surface area contributed by atoms with Crippen molar-refractivity contribution < 1.29 is 22.7 Å². The van der Waals surface area contributed by atoms with Gasteiger partial charge in [-0.2, -0.15) is 13.2 Å². The van der Waals surface area contributed by atoms with Gasteiger partial charge in [0.1, 0.15) is 0 Å². The lowest BCUT2D eigenvalue weighted by Gasteiger charge is -2.13. The Morgan fingerprint density at radius 3 is 2.74 bits per heavy atom. The van der Waals surface area contributed by atoms with Crippen molar-refractivity contribution in [2.24, 2.45) is 0 Å². The van der Waals surface area contributed by atoms with Gasteiger partial charge in [-0.3, -0.25) is 9.59 Å². The van der Waals surface area contributed by atoms with Gasteiger partial charge in [-0.1, -0.05) is 0 Å². The minimum atomic E-state index is -4.89. The Labute approximate surface area is 154 Å². The lowest BCUT2D eigenvalue weighted by atomic mass is 10.2. The second kappa shape index (κ2) is 6.99. The molecule has 0 aliphatic carbocycles. The molecule has 0 aliphatic heterocycles. The number of fused-ring (bicyclic) bond motifs is 1. The lowest BCUT2D eigenvalue weighted by Crippen LogP contribution is -2.28. The molecule has 11 heteroatoms. The summed E-state index contributed by atoms with van der Waals surface area (Å²) in [5.74, 6) is -1.97. The third-order valence-electron chi connectivity index (χ3n) is 3.51. The van der Waals surface area contributed by atoms with Crippen LogP contribution in [0.15, 0.2) is 28.4 Å². The summed E-state index contributed by atoms with van der Waals surface area (Å²) in [6.45, 7) is 1.80. The molecule has 142 valence electrons. The van der Waals surface area contributed by atoms with Gasteiger partial charge in [0.25, 0.3) is 5.56 Å². The van der Waals surface area contributed by atoms with E-state index in [0.29, 0.717) is 4.57 Å². The van der Waals surface area contributed by atoms with Gasteiger partial charge in [-0.05, 0) is 25.1 Å². The standard InChI is InChI=1S/C16H13F3N4O3S/c1-2-26-12(24)6-9-7-27-15(21-9)23-13(25)10-5-8(20)3-4-11(10)22-14(23)16(17,18)19/h3-5,7H,2,6,20H2,1H3. The average Bonchev–Trinajstić information content (AvgIpc) is 3.02. The normalized spacial score (nSPS) is 11.7. The van der Waals surface area contributed by atoms with Crippen LogP contribution in [-0.4, -0.2) is 27.1 Å². The first-order valence-corrected chi connectivity index (χ1v) is 8.58. The van der Waals surface area contributed by atoms with Gasteiger partial charge < -0.3 is 10.5 Å². The molecule has 0 aliphatic rings. The molecule has 2 heterocycles. The maximum absolute atomic E-state index is 13.5. The summed E-state index contributed by atoms with van der Waals surface area (Å²) in [6, 6.07) is 3.87. The van der Waals surface area contributed by atoms with Gasteiger partial charge in [0.15, 0.2) is 5.13 Å². The molecule has 0 spiro atoms. The molecule has 1 aromatic carbocycles. The molecular formula is C16H13F3N4O3S. The largest absolute Gasteiger partial charge is 0.466 e. The van der Waals surface area contributed by atoms with Crippen molar-refractivity contribution >= 4 is 33.9 Å². The summed E-state index contributed by atoms with van der Waals surface area (Å²) in [6.07, 6.45) is -5.10. The molecule has 0 radical (unpaired) electrons. The number of benzene rings is 1. The fraction of sp³-hybridized carbons (Fsp3) is 0.250. The molecule has 3 rings (SSSR count). The summed E-state index contributed by atoms with van der Waals surface area (Å²) in [5, 5.41) is 1.08. The van der Waals surface area contributed by atoms with E-state index in [4.69, 9.17) is 10.5 Å². The van der Waals surface area contributed by atoms with Crippen molar-refractivity contribution in [2.45, 2.75) is 19.5 Å². The number of carbonyl (C=O) groups is 1. The maximum atomic E-state index is 13.5. The zero-order valence-electron chi connectivity index (χ0n) is 13.9. The molecule has 2 N–H and O–H groups in total. The molecule has 0 atom stereocenters. The minimum Gasteiger partial charge on any atom is -0.466 e. The number of thiazole rings is 1. The van der Waals surface area contributed by atoms with Crippen LogP contribution in [0.4, 0.5) is 18.9 Å². The Bertz CT molecular complexity index is 1070. The number of hydrogen-bond acceptors (Lipinski definition) is 7. The van der Waals surface area contributed by atoms with Crippen LogP contribution in [0.3, 0.4) is 0 Å². The predicted molar refractivity (Wildman–Crippen MR) is 92.8 cm³/mol. The minimum absolute atomic E-state index is 0.0647. The Hall–Kier alpha value is -2.95. The molecule has 0 unspecified atom stereocenters. The fourth-order valence-electron chi connectivity index (χ4n) is 2.41. The second-order valence-corrected chi connectivity index (χ2v) is 6.29. The van der Waals surface area contributed by atoms with Gasteiger partial charge in [-0.15, -0.1) is 11.3 Å². The highest BCUT2D eigenvalue weighted by Gasteiger charge is 2.38. The first-order chi connectivity index (χ1) is 12.7. The molecule has 2 aromatic heterocycles. The summed E-state index contributed by atoms with van der Waals surface area (Å²) in [4.78, 5) is 31.8. The Morgan fingerprint density at radius 1 is 1.33 bits per heavy atom. The van der Waals surface area contributed by atoms with Crippen LogP contribution in [0.25, 0.3) is 16.0 Å². The van der Waals surface area contributed by atoms with E-state index in [-0.39, 0.29) is 40.4 Å². The first-order valence-electron chi connectivity index (χ1n) is 7.70. The number of rotatable bonds is 4. The van der Waals surface area contributed by atoms with E-state index in [1.54, 1.807) is 6.92 Å². The molecule has 0 bridgehead atoms. The number of ether oxygens (including phenoxy) is 1. The van der Waals surface area contributed by atoms with E-state index in [2.05, 4.69) is 9.97 Å². The third kappa shape index (κ3) is 3.77. The average molecular weight is 398 g/mol. The van der Waals surface area contributed by atoms with E-state index < -0.39 is 23.5 Å². The number of nitrogen functional groups attached to an aromatic ring is 1. The van der Waals surface area contributed by atoms with E-state index in [9.17, 15) is 22.8 Å². The van der Waals surface area contributed by atoms with Crippen molar-refractivity contribution in [3.8, 4) is 5.13 Å². The number of anilines is 1. The topological polar surface area (TPSA) is 100 Å². The summed E-state index contributed by atoms with van der Waals surface area (Å²) < 4.78 is 45.7. The first kappa shape index (κ1) is 18.8. The van der Waals surface area contributed by atoms with Crippen LogP contribution < -0.4 is 11.3 Å². The number of halogens is 3. The van der Waals surface area contributed by atoms with Gasteiger partial charge in [0, 0.05) is 11.1 Å². The lowest BCUT2D eigenvalue weighted by molar-refractivity contribution is -0.146. The SMILES string of the molecule is CCOC(=O)Cc1csc(-n2c(C(F)(F)F)nc3ccc(N)cc3c2=O)n1. The van der Waals surface area contributed by atoms with Gasteiger partial charge >= 0.3 is 12.1 Å². The van der Waals surface area contributed by atoms with Crippen LogP contribution in [0.1, 0.15) is 18.4 Å². The van der Waals surface area contributed by atoms with E-state index in [1.165, 1.54) is 23.6 Å². The highest BCUT2D eigenvalue weighted by molar-refractivity contribution is 7.12. The molecule has 0 saturated carbocycles. The summed E-state index contributed by atoms with van der Waals surface area (Å²) >= 11 is 0.793. The van der Waals surface area contributed by atoms with Crippen LogP contribution >= 0.6 is 11.3 Å². The number of nitrogens with zero attached hydrogens (tertiary/aromatic N) is 3. The molecular weight excluding hydrogens is 385 g/mol. The predicted octanol–water partition coefficient (Wildman–Crippen LogP) is 2.55. The Morgan fingerprint density at radius 2 is 2.07 bits per heavy atom. The fourth-order valence-corrected chi connectivity index (χ4v) is 3.23. The zero-order chi connectivity index (χ0) is 19.8. The monoisotopic (exact) mass is 398 g/mol.